The Labute approximate surface area is 127 Å². The summed E-state index contributed by atoms with van der Waals surface area (Å²) in [5.74, 6) is 0. The number of fused-ring (bicyclic) bond motifs is 1. The average molecular weight is 329 g/mol. The van der Waals surface area contributed by atoms with E-state index >= 15 is 0 Å². The maximum absolute atomic E-state index is 3.55. The molecule has 3 rings (SSSR count). The lowest BCUT2D eigenvalue weighted by Crippen LogP contribution is -2.18. The zero-order valence-corrected chi connectivity index (χ0v) is 12.9. The summed E-state index contributed by atoms with van der Waals surface area (Å²) in [5, 5.41) is 4.81. The Morgan fingerprint density at radius 3 is 2.75 bits per heavy atom. The third-order valence-corrected chi connectivity index (χ3v) is 4.03. The van der Waals surface area contributed by atoms with Crippen molar-refractivity contribution in [3.63, 3.8) is 0 Å². The molecule has 0 fully saturated rings. The summed E-state index contributed by atoms with van der Waals surface area (Å²) in [7, 11) is 0. The number of aromatic nitrogens is 1. The van der Waals surface area contributed by atoms with E-state index in [0.717, 1.165) is 11.0 Å². The van der Waals surface area contributed by atoms with Gasteiger partial charge in [-0.1, -0.05) is 46.3 Å². The third-order valence-electron chi connectivity index (χ3n) is 3.53. The molecular formula is C17H17BrN2. The Balaban J connectivity index is 1.69. The van der Waals surface area contributed by atoms with Gasteiger partial charge in [-0.25, -0.2) is 0 Å². The van der Waals surface area contributed by atoms with Crippen molar-refractivity contribution in [1.29, 1.82) is 0 Å². The second kappa shape index (κ2) is 5.81. The quantitative estimate of drug-likeness (QED) is 0.708. The van der Waals surface area contributed by atoms with Gasteiger partial charge in [-0.05, 0) is 42.1 Å². The van der Waals surface area contributed by atoms with Crippen molar-refractivity contribution >= 4 is 26.8 Å². The van der Waals surface area contributed by atoms with Crippen LogP contribution in [0.25, 0.3) is 10.9 Å². The first kappa shape index (κ1) is 13.4. The minimum atomic E-state index is 0.318. The molecule has 2 nitrogen and oxygen atoms in total. The van der Waals surface area contributed by atoms with E-state index in [-0.39, 0.29) is 0 Å². The van der Waals surface area contributed by atoms with Gasteiger partial charge >= 0.3 is 0 Å². The van der Waals surface area contributed by atoms with Crippen molar-refractivity contribution in [2.24, 2.45) is 0 Å². The van der Waals surface area contributed by atoms with Gasteiger partial charge in [0.15, 0.2) is 0 Å². The van der Waals surface area contributed by atoms with Gasteiger partial charge in [0.25, 0.3) is 0 Å². The second-order valence-electron chi connectivity index (χ2n) is 5.04. The molecule has 0 aliphatic rings. The average Bonchev–Trinajstić information content (AvgIpc) is 2.87. The lowest BCUT2D eigenvalue weighted by Gasteiger charge is -2.13. The molecule has 102 valence electrons. The molecule has 3 aromatic rings. The van der Waals surface area contributed by atoms with Crippen LogP contribution in [0.3, 0.4) is 0 Å². The van der Waals surface area contributed by atoms with Gasteiger partial charge in [-0.2, -0.15) is 0 Å². The summed E-state index contributed by atoms with van der Waals surface area (Å²) in [6.45, 7) is 3.02. The van der Waals surface area contributed by atoms with Crippen LogP contribution in [0.5, 0.6) is 0 Å². The Morgan fingerprint density at radius 1 is 1.10 bits per heavy atom. The molecule has 2 N–H and O–H groups in total. The van der Waals surface area contributed by atoms with Gasteiger partial charge in [0.1, 0.15) is 0 Å². The van der Waals surface area contributed by atoms with Crippen LogP contribution in [-0.2, 0) is 6.54 Å². The van der Waals surface area contributed by atoms with Gasteiger partial charge < -0.3 is 10.3 Å². The fourth-order valence-corrected chi connectivity index (χ4v) is 2.80. The van der Waals surface area contributed by atoms with E-state index in [1.807, 2.05) is 6.07 Å². The van der Waals surface area contributed by atoms with E-state index in [1.54, 1.807) is 0 Å². The van der Waals surface area contributed by atoms with Crippen LogP contribution in [0.4, 0.5) is 0 Å². The zero-order valence-electron chi connectivity index (χ0n) is 11.4. The van der Waals surface area contributed by atoms with E-state index in [4.69, 9.17) is 0 Å². The molecule has 0 spiro atoms. The highest BCUT2D eigenvalue weighted by molar-refractivity contribution is 9.10. The fourth-order valence-electron chi connectivity index (χ4n) is 2.39. The Bertz CT molecular complexity index is 685. The molecule has 2 aromatic carbocycles. The number of rotatable bonds is 4. The van der Waals surface area contributed by atoms with E-state index in [1.165, 1.54) is 22.2 Å². The zero-order chi connectivity index (χ0) is 13.9. The standard InChI is InChI=1S/C17H17BrN2/c1-12(13-6-4-7-15(18)9-13)19-11-16-10-14-5-2-3-8-17(14)20-16/h2-10,12,19-20H,11H2,1H3. The maximum atomic E-state index is 3.55. The summed E-state index contributed by atoms with van der Waals surface area (Å²) in [6.07, 6.45) is 0. The molecular weight excluding hydrogens is 312 g/mol. The second-order valence-corrected chi connectivity index (χ2v) is 5.96. The van der Waals surface area contributed by atoms with Crippen molar-refractivity contribution < 1.29 is 0 Å². The van der Waals surface area contributed by atoms with Crippen molar-refractivity contribution in [3.8, 4) is 0 Å². The molecule has 0 bridgehead atoms. The first-order valence-corrected chi connectivity index (χ1v) is 7.57. The monoisotopic (exact) mass is 328 g/mol. The number of hydrogen-bond acceptors (Lipinski definition) is 1. The molecule has 0 aliphatic carbocycles. The summed E-state index contributed by atoms with van der Waals surface area (Å²) in [6, 6.07) is 19.3. The molecule has 0 amide bonds. The van der Waals surface area contributed by atoms with Crippen LogP contribution in [0.15, 0.2) is 59.1 Å². The van der Waals surface area contributed by atoms with Crippen LogP contribution in [-0.4, -0.2) is 4.98 Å². The van der Waals surface area contributed by atoms with Gasteiger partial charge in [-0.3, -0.25) is 0 Å². The fraction of sp³-hybridized carbons (Fsp3) is 0.176. The largest absolute Gasteiger partial charge is 0.357 e. The summed E-state index contributed by atoms with van der Waals surface area (Å²) >= 11 is 3.52. The first-order valence-electron chi connectivity index (χ1n) is 6.78. The van der Waals surface area contributed by atoms with Gasteiger partial charge in [-0.15, -0.1) is 0 Å². The Hall–Kier alpha value is -1.58. The van der Waals surface area contributed by atoms with Crippen LogP contribution < -0.4 is 5.32 Å². The highest BCUT2D eigenvalue weighted by atomic mass is 79.9. The molecule has 0 saturated heterocycles. The van der Waals surface area contributed by atoms with Gasteiger partial charge in [0, 0.05) is 28.3 Å². The van der Waals surface area contributed by atoms with E-state index in [2.05, 4.69) is 81.7 Å². The van der Waals surface area contributed by atoms with Crippen molar-refractivity contribution in [1.82, 2.24) is 10.3 Å². The van der Waals surface area contributed by atoms with E-state index < -0.39 is 0 Å². The number of nitrogens with one attached hydrogen (secondary N) is 2. The molecule has 3 heteroatoms. The molecule has 1 aromatic heterocycles. The van der Waals surface area contributed by atoms with E-state index in [0.29, 0.717) is 6.04 Å². The minimum Gasteiger partial charge on any atom is -0.357 e. The number of benzene rings is 2. The molecule has 20 heavy (non-hydrogen) atoms. The minimum absolute atomic E-state index is 0.318. The topological polar surface area (TPSA) is 27.8 Å². The Kier molecular flexibility index (Phi) is 3.90. The number of halogens is 1. The molecule has 0 radical (unpaired) electrons. The SMILES string of the molecule is CC(NCc1cc2ccccc2[nH]1)c1cccc(Br)c1. The number of para-hydroxylation sites is 1. The van der Waals surface area contributed by atoms with Gasteiger partial charge in [0.05, 0.1) is 0 Å². The van der Waals surface area contributed by atoms with Gasteiger partial charge in [0.2, 0.25) is 0 Å². The predicted molar refractivity (Wildman–Crippen MR) is 87.7 cm³/mol. The molecule has 0 saturated carbocycles. The highest BCUT2D eigenvalue weighted by Crippen LogP contribution is 2.19. The number of hydrogen-bond donors (Lipinski definition) is 2. The highest BCUT2D eigenvalue weighted by Gasteiger charge is 2.06. The van der Waals surface area contributed by atoms with Crippen LogP contribution in [0.1, 0.15) is 24.2 Å². The number of aromatic amines is 1. The van der Waals surface area contributed by atoms with Crippen LogP contribution in [0.2, 0.25) is 0 Å². The van der Waals surface area contributed by atoms with Crippen LogP contribution in [0, 0.1) is 0 Å². The molecule has 0 aliphatic heterocycles. The lowest BCUT2D eigenvalue weighted by molar-refractivity contribution is 0.569. The van der Waals surface area contributed by atoms with Crippen molar-refractivity contribution in [2.75, 3.05) is 0 Å². The predicted octanol–water partition coefficient (Wildman–Crippen LogP) is 4.78. The summed E-state index contributed by atoms with van der Waals surface area (Å²) in [5.41, 5.74) is 3.70. The Morgan fingerprint density at radius 2 is 1.95 bits per heavy atom. The smallest absolute Gasteiger partial charge is 0.0456 e. The summed E-state index contributed by atoms with van der Waals surface area (Å²) < 4.78 is 1.12. The third kappa shape index (κ3) is 2.94. The normalized spacial score (nSPS) is 12.7. The lowest BCUT2D eigenvalue weighted by atomic mass is 10.1. The summed E-state index contributed by atoms with van der Waals surface area (Å²) in [4.78, 5) is 3.44. The number of H-pyrrole nitrogens is 1. The van der Waals surface area contributed by atoms with Crippen LogP contribution >= 0.6 is 15.9 Å². The molecule has 1 atom stereocenters. The van der Waals surface area contributed by atoms with E-state index in [9.17, 15) is 0 Å². The van der Waals surface area contributed by atoms with Crippen molar-refractivity contribution in [2.45, 2.75) is 19.5 Å². The molecule has 1 heterocycles. The molecule has 1 unspecified atom stereocenters. The first-order chi connectivity index (χ1) is 9.72. The van der Waals surface area contributed by atoms with Crippen molar-refractivity contribution in [3.05, 3.63) is 70.3 Å². The maximum Gasteiger partial charge on any atom is 0.0456 e.